The number of nitrogens with one attached hydrogen (secondary N) is 2. The van der Waals surface area contributed by atoms with Gasteiger partial charge in [0.15, 0.2) is 0 Å². The average Bonchev–Trinajstić information content (AvgIpc) is 2.28. The lowest BCUT2D eigenvalue weighted by Crippen LogP contribution is -2.39. The summed E-state index contributed by atoms with van der Waals surface area (Å²) in [5.74, 6) is 0.884. The van der Waals surface area contributed by atoms with E-state index in [1.54, 1.807) is 0 Å². The Kier molecular flexibility index (Phi) is 2.13. The number of rotatable bonds is 0. The fourth-order valence-electron chi connectivity index (χ4n) is 2.05. The highest BCUT2D eigenvalue weighted by atomic mass is 14.9. The van der Waals surface area contributed by atoms with Crippen molar-refractivity contribution in [3.05, 3.63) is 12.3 Å². The van der Waals surface area contributed by atoms with Crippen LogP contribution in [0.5, 0.6) is 0 Å². The second-order valence-electron chi connectivity index (χ2n) is 3.48. The molecule has 0 aromatic carbocycles. The van der Waals surface area contributed by atoms with E-state index in [1.807, 2.05) is 0 Å². The molecule has 0 radical (unpaired) electrons. The van der Waals surface area contributed by atoms with Crippen LogP contribution in [-0.4, -0.2) is 19.1 Å². The third-order valence-electron chi connectivity index (χ3n) is 2.72. The minimum Gasteiger partial charge on any atom is -0.391 e. The van der Waals surface area contributed by atoms with Crippen molar-refractivity contribution < 1.29 is 0 Å². The summed E-state index contributed by atoms with van der Waals surface area (Å²) in [5.41, 5.74) is 0. The Morgan fingerprint density at radius 3 is 3.18 bits per heavy atom. The van der Waals surface area contributed by atoms with Crippen LogP contribution in [0.15, 0.2) is 12.3 Å². The van der Waals surface area contributed by atoms with Gasteiger partial charge >= 0.3 is 0 Å². The summed E-state index contributed by atoms with van der Waals surface area (Å²) in [5, 5.41) is 6.82. The predicted octanol–water partition coefficient (Wildman–Crippen LogP) is 0.862. The predicted molar refractivity (Wildman–Crippen MR) is 46.3 cm³/mol. The van der Waals surface area contributed by atoms with Gasteiger partial charge in [-0.15, -0.1) is 0 Å². The molecule has 0 aromatic rings. The third-order valence-corrected chi connectivity index (χ3v) is 2.72. The van der Waals surface area contributed by atoms with Crippen LogP contribution < -0.4 is 10.6 Å². The molecular weight excluding hydrogens is 136 g/mol. The lowest BCUT2D eigenvalue weighted by Gasteiger charge is -2.29. The normalized spacial score (nSPS) is 37.1. The smallest absolute Gasteiger partial charge is 0.0295 e. The van der Waals surface area contributed by atoms with Crippen LogP contribution in [0.1, 0.15) is 19.3 Å². The first-order chi connectivity index (χ1) is 5.47. The minimum atomic E-state index is 0.652. The summed E-state index contributed by atoms with van der Waals surface area (Å²) in [4.78, 5) is 0. The fourth-order valence-corrected chi connectivity index (χ4v) is 2.05. The SMILES string of the molecule is C1=CC2NCCCC2CCN1. The van der Waals surface area contributed by atoms with E-state index in [0.29, 0.717) is 6.04 Å². The van der Waals surface area contributed by atoms with Crippen LogP contribution in [0.25, 0.3) is 0 Å². The molecule has 2 unspecified atom stereocenters. The highest BCUT2D eigenvalue weighted by molar-refractivity contribution is 5.00. The summed E-state index contributed by atoms with van der Waals surface area (Å²) >= 11 is 0. The number of hydrogen-bond acceptors (Lipinski definition) is 2. The Hall–Kier alpha value is -0.500. The molecule has 0 spiro atoms. The van der Waals surface area contributed by atoms with Gasteiger partial charge in [-0.05, 0) is 37.9 Å². The lowest BCUT2D eigenvalue weighted by molar-refractivity contribution is 0.310. The maximum absolute atomic E-state index is 3.53. The summed E-state index contributed by atoms with van der Waals surface area (Å²) in [7, 11) is 0. The molecule has 11 heavy (non-hydrogen) atoms. The number of piperidine rings is 1. The molecule has 0 amide bonds. The molecule has 2 aliphatic heterocycles. The quantitative estimate of drug-likeness (QED) is 0.538. The van der Waals surface area contributed by atoms with Crippen LogP contribution in [0.2, 0.25) is 0 Å². The van der Waals surface area contributed by atoms with E-state index < -0.39 is 0 Å². The zero-order valence-electron chi connectivity index (χ0n) is 6.84. The Morgan fingerprint density at radius 2 is 2.18 bits per heavy atom. The van der Waals surface area contributed by atoms with Crippen molar-refractivity contribution >= 4 is 0 Å². The van der Waals surface area contributed by atoms with E-state index in [1.165, 1.54) is 25.8 Å². The summed E-state index contributed by atoms with van der Waals surface area (Å²) < 4.78 is 0. The fraction of sp³-hybridized carbons (Fsp3) is 0.778. The number of fused-ring (bicyclic) bond motifs is 1. The Labute approximate surface area is 68.1 Å². The van der Waals surface area contributed by atoms with Gasteiger partial charge in [-0.3, -0.25) is 0 Å². The lowest BCUT2D eigenvalue weighted by atomic mass is 9.89. The van der Waals surface area contributed by atoms with Crippen molar-refractivity contribution in [1.29, 1.82) is 0 Å². The van der Waals surface area contributed by atoms with Crippen molar-refractivity contribution in [3.8, 4) is 0 Å². The van der Waals surface area contributed by atoms with E-state index in [4.69, 9.17) is 0 Å². The molecule has 2 atom stereocenters. The Morgan fingerprint density at radius 1 is 1.18 bits per heavy atom. The Balaban J connectivity index is 2.02. The van der Waals surface area contributed by atoms with Gasteiger partial charge in [0.25, 0.3) is 0 Å². The highest BCUT2D eigenvalue weighted by Crippen LogP contribution is 2.21. The molecule has 2 rings (SSSR count). The van der Waals surface area contributed by atoms with Gasteiger partial charge in [-0.1, -0.05) is 6.08 Å². The maximum Gasteiger partial charge on any atom is 0.0295 e. The standard InChI is InChI=1S/C9H16N2/c1-2-8-3-6-10-7-4-9(8)11-5-1/h4,7-11H,1-3,5-6H2. The summed E-state index contributed by atoms with van der Waals surface area (Å²) in [6.07, 6.45) is 8.46. The molecule has 2 heteroatoms. The molecule has 1 fully saturated rings. The van der Waals surface area contributed by atoms with Crippen molar-refractivity contribution in [2.75, 3.05) is 13.1 Å². The van der Waals surface area contributed by atoms with Crippen LogP contribution in [0, 0.1) is 5.92 Å². The molecule has 0 aliphatic carbocycles. The first-order valence-corrected chi connectivity index (χ1v) is 4.60. The van der Waals surface area contributed by atoms with Gasteiger partial charge in [0.2, 0.25) is 0 Å². The van der Waals surface area contributed by atoms with Crippen molar-refractivity contribution in [3.63, 3.8) is 0 Å². The Bertz CT molecular complexity index is 154. The summed E-state index contributed by atoms with van der Waals surface area (Å²) in [6, 6.07) is 0.652. The van der Waals surface area contributed by atoms with Crippen molar-refractivity contribution in [2.24, 2.45) is 5.92 Å². The summed E-state index contributed by atoms with van der Waals surface area (Å²) in [6.45, 7) is 2.35. The van der Waals surface area contributed by atoms with Gasteiger partial charge in [-0.25, -0.2) is 0 Å². The monoisotopic (exact) mass is 152 g/mol. The maximum atomic E-state index is 3.53. The first kappa shape index (κ1) is 7.17. The molecule has 1 saturated heterocycles. The largest absolute Gasteiger partial charge is 0.391 e. The van der Waals surface area contributed by atoms with E-state index >= 15 is 0 Å². The van der Waals surface area contributed by atoms with Gasteiger partial charge < -0.3 is 10.6 Å². The second kappa shape index (κ2) is 3.26. The van der Waals surface area contributed by atoms with E-state index in [9.17, 15) is 0 Å². The molecule has 62 valence electrons. The van der Waals surface area contributed by atoms with E-state index in [-0.39, 0.29) is 0 Å². The molecule has 0 aromatic heterocycles. The molecule has 2 nitrogen and oxygen atoms in total. The molecule has 2 heterocycles. The zero-order chi connectivity index (χ0) is 7.52. The van der Waals surface area contributed by atoms with E-state index in [2.05, 4.69) is 22.9 Å². The van der Waals surface area contributed by atoms with Gasteiger partial charge in [0.1, 0.15) is 0 Å². The van der Waals surface area contributed by atoms with Crippen molar-refractivity contribution in [2.45, 2.75) is 25.3 Å². The minimum absolute atomic E-state index is 0.652. The highest BCUT2D eigenvalue weighted by Gasteiger charge is 2.22. The zero-order valence-corrected chi connectivity index (χ0v) is 6.84. The molecule has 0 bridgehead atoms. The van der Waals surface area contributed by atoms with E-state index in [0.717, 1.165) is 12.5 Å². The van der Waals surface area contributed by atoms with Crippen LogP contribution in [0.4, 0.5) is 0 Å². The van der Waals surface area contributed by atoms with Crippen LogP contribution in [-0.2, 0) is 0 Å². The average molecular weight is 152 g/mol. The molecular formula is C9H16N2. The van der Waals surface area contributed by atoms with Gasteiger partial charge in [0, 0.05) is 12.6 Å². The van der Waals surface area contributed by atoms with Gasteiger partial charge in [-0.2, -0.15) is 0 Å². The van der Waals surface area contributed by atoms with Crippen LogP contribution >= 0.6 is 0 Å². The van der Waals surface area contributed by atoms with Crippen LogP contribution in [0.3, 0.4) is 0 Å². The second-order valence-corrected chi connectivity index (χ2v) is 3.48. The number of hydrogen-bond donors (Lipinski definition) is 2. The van der Waals surface area contributed by atoms with Gasteiger partial charge in [0.05, 0.1) is 0 Å². The first-order valence-electron chi connectivity index (χ1n) is 4.60. The molecule has 2 aliphatic rings. The third kappa shape index (κ3) is 1.56. The molecule has 0 saturated carbocycles. The van der Waals surface area contributed by atoms with Crippen molar-refractivity contribution in [1.82, 2.24) is 10.6 Å². The topological polar surface area (TPSA) is 24.1 Å². The molecule has 2 N–H and O–H groups in total.